The van der Waals surface area contributed by atoms with Gasteiger partial charge in [-0.3, -0.25) is 4.79 Å². The minimum absolute atomic E-state index is 0. The molecule has 0 bridgehead atoms. The summed E-state index contributed by atoms with van der Waals surface area (Å²) in [6.45, 7) is 4.46. The lowest BCUT2D eigenvalue weighted by molar-refractivity contribution is -0.134. The normalized spacial score (nSPS) is 11.8. The van der Waals surface area contributed by atoms with Crippen molar-refractivity contribution in [1.82, 2.24) is 4.90 Å². The Balaban J connectivity index is 0. The number of unbranched alkanes of at least 4 members (excludes halogenated alkanes) is 1. The Morgan fingerprint density at radius 2 is 2.00 bits per heavy atom. The van der Waals surface area contributed by atoms with E-state index in [0.717, 1.165) is 19.4 Å². The van der Waals surface area contributed by atoms with E-state index in [1.807, 2.05) is 4.90 Å². The largest absolute Gasteiger partial charge is 0.383 e. The van der Waals surface area contributed by atoms with E-state index >= 15 is 0 Å². The molecule has 0 fully saturated rings. The van der Waals surface area contributed by atoms with Gasteiger partial charge in [0.2, 0.25) is 5.91 Å². The predicted molar refractivity (Wildman–Crippen MR) is 75.1 cm³/mol. The van der Waals surface area contributed by atoms with Crippen molar-refractivity contribution in [2.45, 2.75) is 32.3 Å². The van der Waals surface area contributed by atoms with Crippen molar-refractivity contribution in [2.24, 2.45) is 5.73 Å². The highest BCUT2D eigenvalue weighted by atomic mass is 35.5. The molecule has 0 radical (unpaired) electrons. The van der Waals surface area contributed by atoms with Crippen LogP contribution < -0.4 is 5.73 Å². The van der Waals surface area contributed by atoms with E-state index in [-0.39, 0.29) is 24.4 Å². The van der Waals surface area contributed by atoms with Gasteiger partial charge in [-0.2, -0.15) is 0 Å². The highest BCUT2D eigenvalue weighted by Crippen LogP contribution is 2.03. The Morgan fingerprint density at radius 3 is 2.44 bits per heavy atom. The molecule has 1 unspecified atom stereocenters. The van der Waals surface area contributed by atoms with E-state index in [0.29, 0.717) is 26.1 Å². The number of halogens is 1. The van der Waals surface area contributed by atoms with E-state index in [1.165, 1.54) is 0 Å². The van der Waals surface area contributed by atoms with Crippen molar-refractivity contribution in [3.63, 3.8) is 0 Å². The second-order valence-electron chi connectivity index (χ2n) is 4.02. The number of amides is 1. The van der Waals surface area contributed by atoms with Crippen LogP contribution in [0.5, 0.6) is 0 Å². The zero-order valence-electron chi connectivity index (χ0n) is 11.7. The van der Waals surface area contributed by atoms with Crippen LogP contribution in [0.15, 0.2) is 0 Å². The lowest BCUT2D eigenvalue weighted by atomic mass is 10.2. The number of carbonyl (C=O) groups excluding carboxylic acids is 1. The quantitative estimate of drug-likeness (QED) is 0.650. The average molecular weight is 283 g/mol. The number of methoxy groups -OCH3 is 2. The molecule has 1 atom stereocenters. The molecule has 0 aliphatic carbocycles. The van der Waals surface area contributed by atoms with Crippen LogP contribution in [0.25, 0.3) is 0 Å². The Labute approximate surface area is 116 Å². The second kappa shape index (κ2) is 13.1. The Morgan fingerprint density at radius 1 is 1.33 bits per heavy atom. The van der Waals surface area contributed by atoms with Gasteiger partial charge in [0.1, 0.15) is 0 Å². The van der Waals surface area contributed by atoms with E-state index in [9.17, 15) is 4.79 Å². The van der Waals surface area contributed by atoms with Gasteiger partial charge >= 0.3 is 0 Å². The number of nitrogens with zero attached hydrogens (tertiary/aromatic N) is 1. The van der Waals surface area contributed by atoms with Crippen molar-refractivity contribution in [2.75, 3.05) is 40.5 Å². The first-order valence-electron chi connectivity index (χ1n) is 6.19. The van der Waals surface area contributed by atoms with Gasteiger partial charge in [0.25, 0.3) is 0 Å². The molecule has 1 amide bonds. The molecule has 0 saturated heterocycles. The van der Waals surface area contributed by atoms with E-state index in [4.69, 9.17) is 15.2 Å². The number of ether oxygens (including phenoxy) is 2. The second-order valence-corrected chi connectivity index (χ2v) is 4.02. The molecule has 0 aliphatic rings. The molecule has 18 heavy (non-hydrogen) atoms. The molecule has 2 N–H and O–H groups in total. The lowest BCUT2D eigenvalue weighted by Crippen LogP contribution is -2.38. The van der Waals surface area contributed by atoms with Crippen LogP contribution in [-0.2, 0) is 14.3 Å². The van der Waals surface area contributed by atoms with Crippen LogP contribution in [0.4, 0.5) is 0 Å². The van der Waals surface area contributed by atoms with Crippen molar-refractivity contribution < 1.29 is 14.3 Å². The third-order valence-corrected chi connectivity index (χ3v) is 2.70. The van der Waals surface area contributed by atoms with E-state index in [2.05, 4.69) is 6.92 Å². The van der Waals surface area contributed by atoms with Crippen molar-refractivity contribution >= 4 is 18.3 Å². The van der Waals surface area contributed by atoms with Gasteiger partial charge in [-0.25, -0.2) is 0 Å². The summed E-state index contributed by atoms with van der Waals surface area (Å²) < 4.78 is 10.1. The first kappa shape index (κ1) is 20.0. The number of carbonyl (C=O) groups is 1. The summed E-state index contributed by atoms with van der Waals surface area (Å²) in [5.41, 5.74) is 5.51. The Hall–Kier alpha value is -0.360. The molecule has 0 aromatic rings. The van der Waals surface area contributed by atoms with Gasteiger partial charge in [-0.05, 0) is 6.42 Å². The minimum atomic E-state index is -0.186. The fourth-order valence-corrected chi connectivity index (χ4v) is 1.50. The van der Waals surface area contributed by atoms with Gasteiger partial charge in [-0.15, -0.1) is 12.4 Å². The molecule has 0 rings (SSSR count). The summed E-state index contributed by atoms with van der Waals surface area (Å²) in [4.78, 5) is 13.8. The zero-order chi connectivity index (χ0) is 13.1. The molecule has 6 heteroatoms. The van der Waals surface area contributed by atoms with Gasteiger partial charge in [0.05, 0.1) is 19.1 Å². The smallest absolute Gasteiger partial charge is 0.225 e. The van der Waals surface area contributed by atoms with Gasteiger partial charge in [0.15, 0.2) is 0 Å². The Bertz CT molecular complexity index is 194. The first-order valence-corrected chi connectivity index (χ1v) is 6.19. The van der Waals surface area contributed by atoms with Crippen LogP contribution in [0.2, 0.25) is 0 Å². The molecule has 0 saturated carbocycles. The van der Waals surface area contributed by atoms with Crippen LogP contribution >= 0.6 is 12.4 Å². The van der Waals surface area contributed by atoms with Crippen molar-refractivity contribution in [3.8, 4) is 0 Å². The van der Waals surface area contributed by atoms with Gasteiger partial charge in [-0.1, -0.05) is 13.3 Å². The summed E-state index contributed by atoms with van der Waals surface area (Å²) >= 11 is 0. The number of hydrogen-bond donors (Lipinski definition) is 1. The fourth-order valence-electron chi connectivity index (χ4n) is 1.50. The topological polar surface area (TPSA) is 64.8 Å². The summed E-state index contributed by atoms with van der Waals surface area (Å²) in [5, 5.41) is 0. The maximum Gasteiger partial charge on any atom is 0.225 e. The van der Waals surface area contributed by atoms with Crippen LogP contribution in [0.3, 0.4) is 0 Å². The summed E-state index contributed by atoms with van der Waals surface area (Å²) in [6, 6.07) is 0. The van der Waals surface area contributed by atoms with E-state index < -0.39 is 0 Å². The summed E-state index contributed by atoms with van der Waals surface area (Å²) in [6.07, 6.45) is 2.24. The molecular formula is C12H27ClN2O3. The molecule has 0 aromatic carbocycles. The maximum atomic E-state index is 12.0. The predicted octanol–water partition coefficient (Wildman–Crippen LogP) is 1.05. The van der Waals surface area contributed by atoms with Gasteiger partial charge < -0.3 is 20.1 Å². The molecular weight excluding hydrogens is 256 g/mol. The first-order chi connectivity index (χ1) is 8.19. The summed E-state index contributed by atoms with van der Waals surface area (Å²) in [5.74, 6) is 0.0906. The molecule has 0 spiro atoms. The zero-order valence-corrected chi connectivity index (χ0v) is 12.5. The number of nitrogens with two attached hydrogens (primary N) is 1. The fraction of sp³-hybridized carbons (Fsp3) is 0.917. The highest BCUT2D eigenvalue weighted by Gasteiger charge is 2.17. The monoisotopic (exact) mass is 282 g/mol. The molecule has 0 heterocycles. The molecule has 0 aromatic heterocycles. The standard InChI is InChI=1S/C12H26N2O3.ClH/c1-4-5-6-14(7-8-16-2)12(15)9-11(10-13)17-3;/h11H,4-10,13H2,1-3H3;1H. The molecule has 5 nitrogen and oxygen atoms in total. The molecule has 0 aliphatic heterocycles. The highest BCUT2D eigenvalue weighted by molar-refractivity contribution is 5.85. The minimum Gasteiger partial charge on any atom is -0.383 e. The Kier molecular flexibility index (Phi) is 14.5. The SMILES string of the molecule is CCCCN(CCOC)C(=O)CC(CN)OC.Cl. The van der Waals surface area contributed by atoms with Crippen LogP contribution in [0.1, 0.15) is 26.2 Å². The van der Waals surface area contributed by atoms with Crippen LogP contribution in [0, 0.1) is 0 Å². The lowest BCUT2D eigenvalue weighted by Gasteiger charge is -2.24. The number of hydrogen-bond acceptors (Lipinski definition) is 4. The van der Waals surface area contributed by atoms with Crippen LogP contribution in [-0.4, -0.2) is 57.4 Å². The molecule has 110 valence electrons. The van der Waals surface area contributed by atoms with Crippen molar-refractivity contribution in [1.29, 1.82) is 0 Å². The average Bonchev–Trinajstić information content (AvgIpc) is 2.35. The third kappa shape index (κ3) is 8.69. The number of rotatable bonds is 10. The summed E-state index contributed by atoms with van der Waals surface area (Å²) in [7, 11) is 3.22. The van der Waals surface area contributed by atoms with Crippen molar-refractivity contribution in [3.05, 3.63) is 0 Å². The maximum absolute atomic E-state index is 12.0. The third-order valence-electron chi connectivity index (χ3n) is 2.70. The van der Waals surface area contributed by atoms with E-state index in [1.54, 1.807) is 14.2 Å². The van der Waals surface area contributed by atoms with Gasteiger partial charge in [0, 0.05) is 33.9 Å².